The van der Waals surface area contributed by atoms with Crippen molar-refractivity contribution in [2.75, 3.05) is 6.61 Å². The molecule has 1 atom stereocenters. The average molecular weight is 343 g/mol. The minimum absolute atomic E-state index is 0.337. The van der Waals surface area contributed by atoms with Crippen molar-refractivity contribution in [3.63, 3.8) is 0 Å². The first-order valence-corrected chi connectivity index (χ1v) is 7.27. The summed E-state index contributed by atoms with van der Waals surface area (Å²) in [5.74, 6) is -1.40. The third-order valence-electron chi connectivity index (χ3n) is 2.85. The molecule has 0 spiro atoms. The highest BCUT2D eigenvalue weighted by Crippen LogP contribution is 2.21. The normalized spacial score (nSPS) is 11.7. The Morgan fingerprint density at radius 3 is 2.48 bits per heavy atom. The van der Waals surface area contributed by atoms with Crippen molar-refractivity contribution in [2.24, 2.45) is 11.7 Å². The van der Waals surface area contributed by atoms with Crippen molar-refractivity contribution in [1.29, 1.82) is 0 Å². The Balaban J connectivity index is 2.60. The number of aryl methyl sites for hydroxylation is 1. The Hall–Kier alpha value is -2.28. The van der Waals surface area contributed by atoms with Crippen LogP contribution in [0.4, 0.5) is 4.79 Å². The van der Waals surface area contributed by atoms with Gasteiger partial charge < -0.3 is 15.2 Å². The van der Waals surface area contributed by atoms with E-state index in [9.17, 15) is 14.4 Å². The van der Waals surface area contributed by atoms with E-state index in [-0.39, 0.29) is 12.5 Å². The summed E-state index contributed by atoms with van der Waals surface area (Å²) >= 11 is 5.89. The highest BCUT2D eigenvalue weighted by atomic mass is 35.5. The monoisotopic (exact) mass is 342 g/mol. The van der Waals surface area contributed by atoms with E-state index in [0.29, 0.717) is 10.8 Å². The number of urea groups is 1. The third-order valence-corrected chi connectivity index (χ3v) is 3.28. The molecule has 8 heteroatoms. The molecule has 0 unspecified atom stereocenters. The van der Waals surface area contributed by atoms with Crippen LogP contribution >= 0.6 is 11.6 Å². The van der Waals surface area contributed by atoms with Crippen LogP contribution in [0.3, 0.4) is 0 Å². The number of primary amides is 1. The van der Waals surface area contributed by atoms with Gasteiger partial charge in [-0.2, -0.15) is 0 Å². The fraction of sp³-hybridized carbons (Fsp3) is 0.400. The Morgan fingerprint density at radius 2 is 1.96 bits per heavy atom. The van der Waals surface area contributed by atoms with Gasteiger partial charge in [0.1, 0.15) is 5.75 Å². The molecule has 3 N–H and O–H groups in total. The highest BCUT2D eigenvalue weighted by Gasteiger charge is 2.27. The van der Waals surface area contributed by atoms with Crippen LogP contribution < -0.4 is 15.8 Å². The molecular weight excluding hydrogens is 324 g/mol. The summed E-state index contributed by atoms with van der Waals surface area (Å²) in [6.07, 6.45) is -1.13. The van der Waals surface area contributed by atoms with Crippen LogP contribution in [0.5, 0.6) is 5.75 Å². The zero-order valence-electron chi connectivity index (χ0n) is 13.1. The predicted molar refractivity (Wildman–Crippen MR) is 84.1 cm³/mol. The molecule has 0 radical (unpaired) electrons. The number of hydrogen-bond acceptors (Lipinski definition) is 5. The molecule has 0 heterocycles. The van der Waals surface area contributed by atoms with Gasteiger partial charge in [-0.3, -0.25) is 10.1 Å². The zero-order chi connectivity index (χ0) is 17.6. The van der Waals surface area contributed by atoms with E-state index in [1.165, 1.54) is 0 Å². The standard InChI is InChI=1S/C15H19ClN2O5/c1-8(2)13(14(20)18-15(17)21)23-12(19)7-22-10-4-5-11(16)9(3)6-10/h4-6,8,13H,7H2,1-3H3,(H3,17,18,20,21)/t13-/m1/s1. The van der Waals surface area contributed by atoms with Gasteiger partial charge in [-0.15, -0.1) is 0 Å². The van der Waals surface area contributed by atoms with Crippen molar-refractivity contribution in [3.8, 4) is 5.75 Å². The van der Waals surface area contributed by atoms with E-state index in [2.05, 4.69) is 0 Å². The fourth-order valence-corrected chi connectivity index (χ4v) is 1.83. The van der Waals surface area contributed by atoms with E-state index in [4.69, 9.17) is 26.8 Å². The van der Waals surface area contributed by atoms with Crippen molar-refractivity contribution in [1.82, 2.24) is 5.32 Å². The second-order valence-electron chi connectivity index (χ2n) is 5.21. The van der Waals surface area contributed by atoms with Gasteiger partial charge in [0, 0.05) is 5.02 Å². The average Bonchev–Trinajstić information content (AvgIpc) is 2.44. The summed E-state index contributed by atoms with van der Waals surface area (Å²) in [4.78, 5) is 34.3. The third kappa shape index (κ3) is 6.15. The van der Waals surface area contributed by atoms with Crippen LogP contribution in [0, 0.1) is 12.8 Å². The number of carbonyl (C=O) groups excluding carboxylic acids is 3. The summed E-state index contributed by atoms with van der Waals surface area (Å²) in [6, 6.07) is 3.93. The summed E-state index contributed by atoms with van der Waals surface area (Å²) in [5.41, 5.74) is 5.68. The van der Waals surface area contributed by atoms with Gasteiger partial charge in [-0.1, -0.05) is 25.4 Å². The largest absolute Gasteiger partial charge is 0.482 e. The number of rotatable bonds is 6. The SMILES string of the molecule is Cc1cc(OCC(=O)O[C@@H](C(=O)NC(N)=O)C(C)C)ccc1Cl. The summed E-state index contributed by atoms with van der Waals surface area (Å²) in [7, 11) is 0. The predicted octanol–water partition coefficient (Wildman–Crippen LogP) is 1.79. The quantitative estimate of drug-likeness (QED) is 0.766. The number of nitrogens with one attached hydrogen (secondary N) is 1. The van der Waals surface area contributed by atoms with Gasteiger partial charge in [-0.25, -0.2) is 9.59 Å². The lowest BCUT2D eigenvalue weighted by Crippen LogP contribution is -2.46. The van der Waals surface area contributed by atoms with Crippen molar-refractivity contribution in [2.45, 2.75) is 26.9 Å². The molecule has 0 fully saturated rings. The molecule has 1 rings (SSSR count). The second-order valence-corrected chi connectivity index (χ2v) is 5.61. The number of nitrogens with two attached hydrogens (primary N) is 1. The number of benzene rings is 1. The number of halogens is 1. The maximum Gasteiger partial charge on any atom is 0.344 e. The van der Waals surface area contributed by atoms with Gasteiger partial charge in [-0.05, 0) is 36.6 Å². The minimum atomic E-state index is -1.13. The summed E-state index contributed by atoms with van der Waals surface area (Å²) in [6.45, 7) is 4.76. The van der Waals surface area contributed by atoms with Crippen LogP contribution in [0.15, 0.2) is 18.2 Å². The molecule has 0 aliphatic heterocycles. The van der Waals surface area contributed by atoms with E-state index >= 15 is 0 Å². The van der Waals surface area contributed by atoms with E-state index < -0.39 is 24.0 Å². The molecule has 0 aliphatic carbocycles. The van der Waals surface area contributed by atoms with Crippen LogP contribution in [-0.4, -0.2) is 30.6 Å². The number of imide groups is 1. The maximum atomic E-state index is 11.8. The highest BCUT2D eigenvalue weighted by molar-refractivity contribution is 6.31. The Labute approximate surface area is 139 Å². The second kappa shape index (κ2) is 8.38. The van der Waals surface area contributed by atoms with Crippen molar-refractivity contribution < 1.29 is 23.9 Å². The lowest BCUT2D eigenvalue weighted by atomic mass is 10.1. The molecule has 126 valence electrons. The molecule has 23 heavy (non-hydrogen) atoms. The molecule has 0 bridgehead atoms. The van der Waals surface area contributed by atoms with Crippen LogP contribution in [0.1, 0.15) is 19.4 Å². The van der Waals surface area contributed by atoms with Crippen molar-refractivity contribution in [3.05, 3.63) is 28.8 Å². The number of carbonyl (C=O) groups is 3. The lowest BCUT2D eigenvalue weighted by molar-refractivity contribution is -0.160. The van der Waals surface area contributed by atoms with Crippen LogP contribution in [0.25, 0.3) is 0 Å². The summed E-state index contributed by atoms with van der Waals surface area (Å²) < 4.78 is 10.3. The number of hydrogen-bond donors (Lipinski definition) is 2. The molecule has 1 aromatic carbocycles. The van der Waals surface area contributed by atoms with Crippen LogP contribution in [-0.2, 0) is 14.3 Å². The maximum absolute atomic E-state index is 11.8. The molecule has 1 aromatic rings. The molecular formula is C15H19ClN2O5. The van der Waals surface area contributed by atoms with E-state index in [1.807, 2.05) is 5.32 Å². The molecule has 0 saturated heterocycles. The Morgan fingerprint density at radius 1 is 1.30 bits per heavy atom. The number of esters is 1. The van der Waals surface area contributed by atoms with Crippen molar-refractivity contribution >= 4 is 29.5 Å². The first kappa shape index (κ1) is 18.8. The minimum Gasteiger partial charge on any atom is -0.482 e. The van der Waals surface area contributed by atoms with Gasteiger partial charge in [0.15, 0.2) is 12.7 Å². The number of ether oxygens (including phenoxy) is 2. The fourth-order valence-electron chi connectivity index (χ4n) is 1.71. The van der Waals surface area contributed by atoms with Gasteiger partial charge in [0.05, 0.1) is 0 Å². The first-order valence-electron chi connectivity index (χ1n) is 6.89. The van der Waals surface area contributed by atoms with E-state index in [1.54, 1.807) is 39.0 Å². The molecule has 0 aromatic heterocycles. The first-order chi connectivity index (χ1) is 10.7. The lowest BCUT2D eigenvalue weighted by Gasteiger charge is -2.19. The zero-order valence-corrected chi connectivity index (χ0v) is 13.8. The van der Waals surface area contributed by atoms with Gasteiger partial charge in [0.25, 0.3) is 5.91 Å². The van der Waals surface area contributed by atoms with Gasteiger partial charge in [0.2, 0.25) is 0 Å². The number of amides is 3. The Bertz CT molecular complexity index is 604. The topological polar surface area (TPSA) is 108 Å². The van der Waals surface area contributed by atoms with Crippen LogP contribution in [0.2, 0.25) is 5.02 Å². The molecule has 3 amide bonds. The van der Waals surface area contributed by atoms with Gasteiger partial charge >= 0.3 is 12.0 Å². The Kier molecular flexibility index (Phi) is 6.84. The summed E-state index contributed by atoms with van der Waals surface area (Å²) in [5, 5.41) is 2.47. The molecule has 0 aliphatic rings. The smallest absolute Gasteiger partial charge is 0.344 e. The molecule has 7 nitrogen and oxygen atoms in total. The molecule has 0 saturated carbocycles. The van der Waals surface area contributed by atoms with E-state index in [0.717, 1.165) is 5.56 Å².